The molecule has 0 saturated carbocycles. The average molecular weight is 519 g/mol. The number of methoxy groups -OCH3 is 4. The zero-order valence-corrected chi connectivity index (χ0v) is 21.9. The van der Waals surface area contributed by atoms with E-state index < -0.39 is 30.0 Å². The zero-order valence-electron chi connectivity index (χ0n) is 21.9. The monoisotopic (exact) mass is 518 g/mol. The third-order valence-corrected chi connectivity index (χ3v) is 6.72. The molecule has 1 aliphatic heterocycles. The predicted molar refractivity (Wildman–Crippen MR) is 131 cm³/mol. The molecule has 202 valence electrons. The van der Waals surface area contributed by atoms with Crippen LogP contribution in [0.25, 0.3) is 0 Å². The maximum Gasteiger partial charge on any atom is 0.312 e. The minimum absolute atomic E-state index is 0.0426. The average Bonchev–Trinajstić information content (AvgIpc) is 3.32. The number of ether oxygens (including phenoxy) is 6. The van der Waals surface area contributed by atoms with Crippen molar-refractivity contribution in [1.82, 2.24) is 0 Å². The van der Waals surface area contributed by atoms with Crippen molar-refractivity contribution in [2.75, 3.05) is 35.2 Å². The van der Waals surface area contributed by atoms with Gasteiger partial charge in [-0.3, -0.25) is 9.59 Å². The molecule has 1 aliphatic rings. The number of aliphatic hydroxyl groups is 2. The Hall–Kier alpha value is -3.18. The molecule has 2 aromatic carbocycles. The molecule has 0 aliphatic carbocycles. The second-order valence-corrected chi connectivity index (χ2v) is 8.75. The van der Waals surface area contributed by atoms with Crippen LogP contribution in [0.4, 0.5) is 0 Å². The summed E-state index contributed by atoms with van der Waals surface area (Å²) < 4.78 is 33.2. The van der Waals surface area contributed by atoms with Gasteiger partial charge in [0.05, 0.1) is 58.6 Å². The smallest absolute Gasteiger partial charge is 0.312 e. The van der Waals surface area contributed by atoms with Gasteiger partial charge in [0.15, 0.2) is 18.3 Å². The molecular weight excluding hydrogens is 484 g/mol. The van der Waals surface area contributed by atoms with Crippen molar-refractivity contribution in [3.05, 3.63) is 52.1 Å². The van der Waals surface area contributed by atoms with Crippen LogP contribution in [0.3, 0.4) is 0 Å². The Bertz CT molecular complexity index is 1080. The second kappa shape index (κ2) is 12.4. The predicted octanol–water partition coefficient (Wildman–Crippen LogP) is 2.79. The van der Waals surface area contributed by atoms with E-state index in [-0.39, 0.29) is 25.8 Å². The largest absolute Gasteiger partial charge is 0.493 e. The SMILES string of the molecule is COCOc1c(OC)cc([C@@H]2O[C@@H](c3cc(CO)c(C)c(CO)c3)[C@H](C(C)=O)[C@H]2C(=O)OC)cc1OC. The number of Topliss-reactive ketones (excluding diaryl/α,β-unsaturated/α-hetero) is 1. The molecule has 37 heavy (non-hydrogen) atoms. The maximum absolute atomic E-state index is 13.1. The fourth-order valence-corrected chi connectivity index (χ4v) is 4.83. The Labute approximate surface area is 216 Å². The summed E-state index contributed by atoms with van der Waals surface area (Å²) in [5.41, 5.74) is 3.00. The van der Waals surface area contributed by atoms with Gasteiger partial charge in [-0.2, -0.15) is 0 Å². The van der Waals surface area contributed by atoms with Crippen molar-refractivity contribution >= 4 is 11.8 Å². The van der Waals surface area contributed by atoms with E-state index in [0.717, 1.165) is 5.56 Å². The molecule has 3 rings (SSSR count). The third-order valence-electron chi connectivity index (χ3n) is 6.72. The number of hydrogen-bond donors (Lipinski definition) is 2. The minimum atomic E-state index is -0.982. The van der Waals surface area contributed by atoms with Gasteiger partial charge in [0.25, 0.3) is 0 Å². The van der Waals surface area contributed by atoms with Gasteiger partial charge >= 0.3 is 5.97 Å². The van der Waals surface area contributed by atoms with Crippen LogP contribution in [0.15, 0.2) is 24.3 Å². The molecule has 0 bridgehead atoms. The summed E-state index contributed by atoms with van der Waals surface area (Å²) in [5.74, 6) is -1.80. The van der Waals surface area contributed by atoms with E-state index in [4.69, 9.17) is 28.4 Å². The van der Waals surface area contributed by atoms with Crippen molar-refractivity contribution < 1.29 is 48.2 Å². The Balaban J connectivity index is 2.19. The zero-order chi connectivity index (χ0) is 27.3. The standard InChI is InChI=1S/C27H34O10/c1-14-18(11-28)7-16(8-19(14)12-29)24-22(15(2)30)23(27(31)35-6)25(37-24)17-9-20(33-4)26(36-13-32-3)21(10-17)34-5/h7-10,22-25,28-29H,11-13H2,1-6H3/t22-,23-,24+,25+/m1/s1. The van der Waals surface area contributed by atoms with Crippen LogP contribution in [-0.2, 0) is 37.0 Å². The van der Waals surface area contributed by atoms with Crippen molar-refractivity contribution in [2.24, 2.45) is 11.8 Å². The molecule has 10 heteroatoms. The van der Waals surface area contributed by atoms with Crippen LogP contribution < -0.4 is 14.2 Å². The number of rotatable bonds is 11. The molecule has 10 nitrogen and oxygen atoms in total. The first-order valence-corrected chi connectivity index (χ1v) is 11.7. The lowest BCUT2D eigenvalue weighted by Gasteiger charge is -2.22. The summed E-state index contributed by atoms with van der Waals surface area (Å²) in [6, 6.07) is 6.77. The van der Waals surface area contributed by atoms with Gasteiger partial charge in [0.1, 0.15) is 5.78 Å². The first-order valence-electron chi connectivity index (χ1n) is 11.7. The topological polar surface area (TPSA) is 130 Å². The van der Waals surface area contributed by atoms with E-state index in [1.165, 1.54) is 35.4 Å². The highest BCUT2D eigenvalue weighted by Gasteiger charge is 2.52. The van der Waals surface area contributed by atoms with E-state index >= 15 is 0 Å². The van der Waals surface area contributed by atoms with Crippen molar-refractivity contribution in [3.8, 4) is 17.2 Å². The van der Waals surface area contributed by atoms with Gasteiger partial charge in [-0.25, -0.2) is 0 Å². The molecule has 2 aromatic rings. The fourth-order valence-electron chi connectivity index (χ4n) is 4.83. The summed E-state index contributed by atoms with van der Waals surface area (Å²) in [5, 5.41) is 19.8. The molecule has 0 unspecified atom stereocenters. The number of benzene rings is 2. The lowest BCUT2D eigenvalue weighted by atomic mass is 9.79. The number of esters is 1. The fraction of sp³-hybridized carbons (Fsp3) is 0.481. The summed E-state index contributed by atoms with van der Waals surface area (Å²) >= 11 is 0. The number of hydrogen-bond acceptors (Lipinski definition) is 10. The van der Waals surface area contributed by atoms with Gasteiger partial charge in [0, 0.05) is 7.11 Å². The Kier molecular flexibility index (Phi) is 9.50. The van der Waals surface area contributed by atoms with Crippen LogP contribution in [0.1, 0.15) is 46.9 Å². The van der Waals surface area contributed by atoms with E-state index in [9.17, 15) is 19.8 Å². The maximum atomic E-state index is 13.1. The molecule has 4 atom stereocenters. The van der Waals surface area contributed by atoms with E-state index in [2.05, 4.69) is 0 Å². The van der Waals surface area contributed by atoms with Gasteiger partial charge in [-0.05, 0) is 53.8 Å². The van der Waals surface area contributed by atoms with Crippen molar-refractivity contribution in [3.63, 3.8) is 0 Å². The molecule has 1 heterocycles. The lowest BCUT2D eigenvalue weighted by Crippen LogP contribution is -2.31. The molecule has 0 amide bonds. The highest BCUT2D eigenvalue weighted by Crippen LogP contribution is 2.52. The highest BCUT2D eigenvalue weighted by molar-refractivity contribution is 5.87. The van der Waals surface area contributed by atoms with Crippen LogP contribution in [0.2, 0.25) is 0 Å². The third kappa shape index (κ3) is 5.57. The number of carbonyl (C=O) groups is 2. The first-order chi connectivity index (χ1) is 17.8. The van der Waals surface area contributed by atoms with Gasteiger partial charge in [-0.15, -0.1) is 0 Å². The summed E-state index contributed by atoms with van der Waals surface area (Å²) in [4.78, 5) is 26.0. The van der Waals surface area contributed by atoms with Gasteiger partial charge in [-0.1, -0.05) is 12.1 Å². The highest BCUT2D eigenvalue weighted by atomic mass is 16.7. The number of aliphatic hydroxyl groups excluding tert-OH is 2. The lowest BCUT2D eigenvalue weighted by molar-refractivity contribution is -0.150. The molecule has 1 fully saturated rings. The molecule has 2 N–H and O–H groups in total. The second-order valence-electron chi connectivity index (χ2n) is 8.75. The Morgan fingerprint density at radius 1 is 0.865 bits per heavy atom. The van der Waals surface area contributed by atoms with Crippen LogP contribution in [0.5, 0.6) is 17.2 Å². The molecule has 1 saturated heterocycles. The Morgan fingerprint density at radius 2 is 1.38 bits per heavy atom. The van der Waals surface area contributed by atoms with Crippen LogP contribution in [-0.4, -0.2) is 57.2 Å². The molecule has 0 spiro atoms. The van der Waals surface area contributed by atoms with E-state index in [0.29, 0.717) is 39.5 Å². The minimum Gasteiger partial charge on any atom is -0.493 e. The summed E-state index contributed by atoms with van der Waals surface area (Å²) in [7, 11) is 5.67. The van der Waals surface area contributed by atoms with E-state index in [1.807, 2.05) is 0 Å². The van der Waals surface area contributed by atoms with Gasteiger partial charge in [0.2, 0.25) is 5.75 Å². The van der Waals surface area contributed by atoms with Crippen LogP contribution >= 0.6 is 0 Å². The molecule has 0 aromatic heterocycles. The van der Waals surface area contributed by atoms with Crippen LogP contribution in [0, 0.1) is 18.8 Å². The van der Waals surface area contributed by atoms with Crippen molar-refractivity contribution in [2.45, 2.75) is 39.3 Å². The quantitative estimate of drug-likeness (QED) is 0.338. The number of carbonyl (C=O) groups excluding carboxylic acids is 2. The number of ketones is 1. The first kappa shape index (κ1) is 28.4. The van der Waals surface area contributed by atoms with Crippen molar-refractivity contribution in [1.29, 1.82) is 0 Å². The molecular formula is C27H34O10. The van der Waals surface area contributed by atoms with Gasteiger partial charge < -0.3 is 38.6 Å². The molecule has 0 radical (unpaired) electrons. The van der Waals surface area contributed by atoms with E-state index in [1.54, 1.807) is 31.2 Å². The summed E-state index contributed by atoms with van der Waals surface area (Å²) in [6.07, 6.45) is -1.74. The normalized spacial score (nSPS) is 21.0. The Morgan fingerprint density at radius 3 is 1.81 bits per heavy atom. The summed E-state index contributed by atoms with van der Waals surface area (Å²) in [6.45, 7) is 2.64.